The van der Waals surface area contributed by atoms with E-state index < -0.39 is 0 Å². The number of nitrogen functional groups attached to an aromatic ring is 1. The van der Waals surface area contributed by atoms with E-state index in [1.165, 1.54) is 0 Å². The third-order valence-electron chi connectivity index (χ3n) is 2.71. The molecule has 0 amide bonds. The van der Waals surface area contributed by atoms with Gasteiger partial charge in [-0.25, -0.2) is 4.98 Å². The molecule has 2 aromatic rings. The van der Waals surface area contributed by atoms with Crippen molar-refractivity contribution in [1.82, 2.24) is 4.98 Å². The van der Waals surface area contributed by atoms with E-state index in [4.69, 9.17) is 10.5 Å². The molecule has 0 saturated heterocycles. The van der Waals surface area contributed by atoms with Crippen LogP contribution >= 0.6 is 15.9 Å². The molecule has 0 radical (unpaired) electrons. The highest BCUT2D eigenvalue weighted by Crippen LogP contribution is 2.30. The third-order valence-corrected chi connectivity index (χ3v) is 3.68. The standard InChI is InChI=1S/C14H16BrN3O/c1-3-19-11-6-4-5-10(7-11)18-14-13(15)9(2)12(16)8-17-14/h4-8H,3,16H2,1-2H3,(H,17,18). The van der Waals surface area contributed by atoms with Crippen LogP contribution in [-0.4, -0.2) is 11.6 Å². The molecule has 1 heterocycles. The first kappa shape index (κ1) is 13.7. The van der Waals surface area contributed by atoms with E-state index in [1.807, 2.05) is 38.1 Å². The van der Waals surface area contributed by atoms with Gasteiger partial charge in [-0.15, -0.1) is 0 Å². The summed E-state index contributed by atoms with van der Waals surface area (Å²) in [5.74, 6) is 1.57. The highest BCUT2D eigenvalue weighted by atomic mass is 79.9. The molecule has 1 aromatic heterocycles. The predicted octanol–water partition coefficient (Wildman–Crippen LogP) is 3.88. The molecular weight excluding hydrogens is 306 g/mol. The maximum atomic E-state index is 5.81. The van der Waals surface area contributed by atoms with Gasteiger partial charge < -0.3 is 15.8 Å². The molecule has 0 saturated carbocycles. The van der Waals surface area contributed by atoms with Crippen molar-refractivity contribution in [2.75, 3.05) is 17.7 Å². The highest BCUT2D eigenvalue weighted by molar-refractivity contribution is 9.10. The largest absolute Gasteiger partial charge is 0.494 e. The van der Waals surface area contributed by atoms with Crippen molar-refractivity contribution in [3.63, 3.8) is 0 Å². The van der Waals surface area contributed by atoms with Crippen molar-refractivity contribution in [2.24, 2.45) is 0 Å². The second-order valence-corrected chi connectivity index (χ2v) is 4.88. The van der Waals surface area contributed by atoms with Crippen LogP contribution in [0.2, 0.25) is 0 Å². The summed E-state index contributed by atoms with van der Waals surface area (Å²) in [4.78, 5) is 4.29. The summed E-state index contributed by atoms with van der Waals surface area (Å²) in [5, 5.41) is 3.25. The Morgan fingerprint density at radius 2 is 2.21 bits per heavy atom. The summed E-state index contributed by atoms with van der Waals surface area (Å²) >= 11 is 3.50. The van der Waals surface area contributed by atoms with Crippen LogP contribution in [0.5, 0.6) is 5.75 Å². The zero-order valence-corrected chi connectivity index (χ0v) is 12.5. The average molecular weight is 322 g/mol. The van der Waals surface area contributed by atoms with Gasteiger partial charge in [-0.2, -0.15) is 0 Å². The lowest BCUT2D eigenvalue weighted by Gasteiger charge is -2.12. The maximum Gasteiger partial charge on any atom is 0.145 e. The van der Waals surface area contributed by atoms with Gasteiger partial charge in [-0.05, 0) is 47.5 Å². The summed E-state index contributed by atoms with van der Waals surface area (Å²) in [7, 11) is 0. The average Bonchev–Trinajstić information content (AvgIpc) is 2.40. The molecule has 0 atom stereocenters. The number of rotatable bonds is 4. The number of benzene rings is 1. The fourth-order valence-corrected chi connectivity index (χ4v) is 2.08. The number of nitrogens with two attached hydrogens (primary N) is 1. The van der Waals surface area contributed by atoms with Crippen LogP contribution in [0, 0.1) is 6.92 Å². The molecule has 0 aliphatic rings. The number of nitrogens with one attached hydrogen (secondary N) is 1. The lowest BCUT2D eigenvalue weighted by Crippen LogP contribution is -2.00. The SMILES string of the molecule is CCOc1cccc(Nc2ncc(N)c(C)c2Br)c1. The molecule has 3 N–H and O–H groups in total. The fourth-order valence-electron chi connectivity index (χ4n) is 1.65. The van der Waals surface area contributed by atoms with Gasteiger partial charge in [0.15, 0.2) is 0 Å². The van der Waals surface area contributed by atoms with Crippen molar-refractivity contribution in [3.05, 3.63) is 40.5 Å². The summed E-state index contributed by atoms with van der Waals surface area (Å²) in [6.07, 6.45) is 1.65. The number of ether oxygens (including phenoxy) is 1. The minimum absolute atomic E-state index is 0.645. The Balaban J connectivity index is 2.26. The summed E-state index contributed by atoms with van der Waals surface area (Å²) in [5.41, 5.74) is 8.36. The molecule has 0 fully saturated rings. The quantitative estimate of drug-likeness (QED) is 0.897. The zero-order chi connectivity index (χ0) is 13.8. The number of hydrogen-bond donors (Lipinski definition) is 2. The van der Waals surface area contributed by atoms with Crippen molar-refractivity contribution < 1.29 is 4.74 Å². The number of hydrogen-bond acceptors (Lipinski definition) is 4. The second-order valence-electron chi connectivity index (χ2n) is 4.09. The van der Waals surface area contributed by atoms with Gasteiger partial charge in [-0.1, -0.05) is 6.07 Å². The van der Waals surface area contributed by atoms with Gasteiger partial charge in [0.25, 0.3) is 0 Å². The van der Waals surface area contributed by atoms with E-state index in [2.05, 4.69) is 26.2 Å². The molecular formula is C14H16BrN3O. The number of anilines is 3. The molecule has 0 bridgehead atoms. The van der Waals surface area contributed by atoms with Crippen molar-refractivity contribution in [1.29, 1.82) is 0 Å². The van der Waals surface area contributed by atoms with Gasteiger partial charge in [0.1, 0.15) is 11.6 Å². The Morgan fingerprint density at radius 1 is 1.42 bits per heavy atom. The number of aromatic nitrogens is 1. The molecule has 4 nitrogen and oxygen atoms in total. The number of halogens is 1. The van der Waals surface area contributed by atoms with Crippen LogP contribution in [0.1, 0.15) is 12.5 Å². The van der Waals surface area contributed by atoms with Crippen LogP contribution in [0.15, 0.2) is 34.9 Å². The van der Waals surface area contributed by atoms with Crippen LogP contribution in [0.25, 0.3) is 0 Å². The smallest absolute Gasteiger partial charge is 0.145 e. The Hall–Kier alpha value is -1.75. The molecule has 0 unspecified atom stereocenters. The Bertz CT molecular complexity index is 587. The first-order valence-electron chi connectivity index (χ1n) is 6.02. The molecule has 0 aliphatic heterocycles. The van der Waals surface area contributed by atoms with Crippen LogP contribution in [0.4, 0.5) is 17.2 Å². The van der Waals surface area contributed by atoms with E-state index in [0.29, 0.717) is 12.3 Å². The van der Waals surface area contributed by atoms with E-state index in [0.717, 1.165) is 27.3 Å². The monoisotopic (exact) mass is 321 g/mol. The summed E-state index contributed by atoms with van der Waals surface area (Å²) < 4.78 is 6.33. The molecule has 19 heavy (non-hydrogen) atoms. The third kappa shape index (κ3) is 3.17. The van der Waals surface area contributed by atoms with Gasteiger partial charge >= 0.3 is 0 Å². The minimum atomic E-state index is 0.645. The van der Waals surface area contributed by atoms with E-state index in [-0.39, 0.29) is 0 Å². The molecule has 0 spiro atoms. The normalized spacial score (nSPS) is 10.3. The Morgan fingerprint density at radius 3 is 2.95 bits per heavy atom. The summed E-state index contributed by atoms with van der Waals surface area (Å²) in [6, 6.07) is 7.75. The van der Waals surface area contributed by atoms with E-state index in [1.54, 1.807) is 6.20 Å². The molecule has 100 valence electrons. The van der Waals surface area contributed by atoms with Crippen LogP contribution < -0.4 is 15.8 Å². The van der Waals surface area contributed by atoms with E-state index in [9.17, 15) is 0 Å². The van der Waals surface area contributed by atoms with Gasteiger partial charge in [-0.3, -0.25) is 0 Å². The van der Waals surface area contributed by atoms with Crippen LogP contribution in [0.3, 0.4) is 0 Å². The molecule has 2 rings (SSSR count). The highest BCUT2D eigenvalue weighted by Gasteiger charge is 2.08. The first-order chi connectivity index (χ1) is 9.11. The molecule has 0 aliphatic carbocycles. The first-order valence-corrected chi connectivity index (χ1v) is 6.81. The lowest BCUT2D eigenvalue weighted by molar-refractivity contribution is 0.340. The second kappa shape index (κ2) is 5.93. The number of nitrogens with zero attached hydrogens (tertiary/aromatic N) is 1. The Labute approximate surface area is 121 Å². The van der Waals surface area contributed by atoms with Gasteiger partial charge in [0, 0.05) is 11.8 Å². The lowest BCUT2D eigenvalue weighted by atomic mass is 10.2. The molecule has 1 aromatic carbocycles. The van der Waals surface area contributed by atoms with Crippen LogP contribution in [-0.2, 0) is 0 Å². The Kier molecular flexibility index (Phi) is 4.27. The van der Waals surface area contributed by atoms with Crippen molar-refractivity contribution in [2.45, 2.75) is 13.8 Å². The fraction of sp³-hybridized carbons (Fsp3) is 0.214. The predicted molar refractivity (Wildman–Crippen MR) is 82.0 cm³/mol. The number of pyridine rings is 1. The maximum absolute atomic E-state index is 5.81. The summed E-state index contributed by atoms with van der Waals surface area (Å²) in [6.45, 7) is 4.55. The van der Waals surface area contributed by atoms with Crippen molar-refractivity contribution in [3.8, 4) is 5.75 Å². The topological polar surface area (TPSA) is 60.2 Å². The minimum Gasteiger partial charge on any atom is -0.494 e. The molecule has 5 heteroatoms. The zero-order valence-electron chi connectivity index (χ0n) is 10.9. The van der Waals surface area contributed by atoms with Gasteiger partial charge in [0.2, 0.25) is 0 Å². The van der Waals surface area contributed by atoms with E-state index >= 15 is 0 Å². The van der Waals surface area contributed by atoms with Gasteiger partial charge in [0.05, 0.1) is 23.0 Å². The van der Waals surface area contributed by atoms with Crippen molar-refractivity contribution >= 4 is 33.1 Å².